The van der Waals surface area contributed by atoms with E-state index in [0.29, 0.717) is 6.01 Å². The van der Waals surface area contributed by atoms with E-state index in [-0.39, 0.29) is 0 Å². The van der Waals surface area contributed by atoms with Crippen molar-refractivity contribution < 1.29 is 4.43 Å². The van der Waals surface area contributed by atoms with Crippen molar-refractivity contribution in [1.82, 2.24) is 9.97 Å². The van der Waals surface area contributed by atoms with Crippen LogP contribution in [0.1, 0.15) is 0 Å². The summed E-state index contributed by atoms with van der Waals surface area (Å²) in [7, 11) is 2.86. The Bertz CT molecular complexity index is 375. The van der Waals surface area contributed by atoms with Crippen molar-refractivity contribution in [2.75, 3.05) is 0 Å². The topological polar surface area (TPSA) is 35.0 Å². The lowest BCUT2D eigenvalue weighted by atomic mass is 10.5. The van der Waals surface area contributed by atoms with Gasteiger partial charge in [0.05, 0.1) is 16.4 Å². The maximum absolute atomic E-state index is 4.68. The number of thiophene rings is 1. The lowest BCUT2D eigenvalue weighted by Crippen LogP contribution is -1.91. The largest absolute Gasteiger partial charge is 0.514 e. The number of rotatable bonds is 1. The van der Waals surface area contributed by atoms with Crippen molar-refractivity contribution >= 4 is 32.0 Å². The molecule has 0 aliphatic carbocycles. The molecule has 0 saturated carbocycles. The van der Waals surface area contributed by atoms with E-state index in [9.17, 15) is 0 Å². The molecule has 2 aromatic heterocycles. The summed E-state index contributed by atoms with van der Waals surface area (Å²) in [5.74, 6) is 0. The lowest BCUT2D eigenvalue weighted by molar-refractivity contribution is 0.562. The Kier molecular flexibility index (Phi) is 1.59. The van der Waals surface area contributed by atoms with E-state index in [4.69, 9.17) is 0 Å². The van der Waals surface area contributed by atoms with Crippen LogP contribution in [0.4, 0.5) is 0 Å². The molecule has 11 heavy (non-hydrogen) atoms. The van der Waals surface area contributed by atoms with Gasteiger partial charge in [-0.2, -0.15) is 4.98 Å². The highest BCUT2D eigenvalue weighted by atomic mass is 32.1. The third-order valence-corrected chi connectivity index (χ3v) is 2.30. The molecule has 0 N–H and O–H groups in total. The summed E-state index contributed by atoms with van der Waals surface area (Å²) in [6.45, 7) is 0. The standard InChI is InChI=1S/C6H3N2OSSi/c11-9-6-7-3-5-4(8-6)1-2-10-5/h1-3H. The molecule has 0 bridgehead atoms. The zero-order chi connectivity index (χ0) is 7.68. The second-order valence-corrected chi connectivity index (χ2v) is 3.08. The van der Waals surface area contributed by atoms with Crippen LogP contribution in [-0.4, -0.2) is 20.5 Å². The number of aromatic nitrogens is 2. The highest BCUT2D eigenvalue weighted by Crippen LogP contribution is 2.18. The Labute approximate surface area is 70.6 Å². The Morgan fingerprint density at radius 3 is 3.27 bits per heavy atom. The molecule has 0 aliphatic rings. The van der Waals surface area contributed by atoms with Gasteiger partial charge in [-0.05, 0) is 11.4 Å². The molecule has 0 unspecified atom stereocenters. The minimum atomic E-state index is 0.340. The van der Waals surface area contributed by atoms with Gasteiger partial charge in [0.1, 0.15) is 0 Å². The van der Waals surface area contributed by atoms with Crippen LogP contribution in [0.15, 0.2) is 17.6 Å². The summed E-state index contributed by atoms with van der Waals surface area (Å²) in [5, 5.41) is 1.97. The molecule has 5 heteroatoms. The third-order valence-electron chi connectivity index (χ3n) is 1.27. The van der Waals surface area contributed by atoms with Crippen LogP contribution in [0.3, 0.4) is 0 Å². The van der Waals surface area contributed by atoms with Crippen LogP contribution in [-0.2, 0) is 0 Å². The monoisotopic (exact) mass is 179 g/mol. The highest BCUT2D eigenvalue weighted by molar-refractivity contribution is 7.17. The smallest absolute Gasteiger partial charge is 0.345 e. The van der Waals surface area contributed by atoms with Gasteiger partial charge in [-0.3, -0.25) is 0 Å². The molecule has 2 heterocycles. The first kappa shape index (κ1) is 6.75. The van der Waals surface area contributed by atoms with Gasteiger partial charge in [-0.15, -0.1) is 11.3 Å². The number of fused-ring (bicyclic) bond motifs is 1. The van der Waals surface area contributed by atoms with E-state index in [1.807, 2.05) is 11.4 Å². The predicted octanol–water partition coefficient (Wildman–Crippen LogP) is 1.15. The Morgan fingerprint density at radius 2 is 2.45 bits per heavy atom. The van der Waals surface area contributed by atoms with Crippen molar-refractivity contribution in [3.63, 3.8) is 0 Å². The van der Waals surface area contributed by atoms with Crippen LogP contribution in [0.25, 0.3) is 10.2 Å². The predicted molar refractivity (Wildman–Crippen MR) is 43.8 cm³/mol. The highest BCUT2D eigenvalue weighted by Gasteiger charge is 1.98. The van der Waals surface area contributed by atoms with E-state index < -0.39 is 0 Å². The van der Waals surface area contributed by atoms with E-state index in [1.54, 1.807) is 17.5 Å². The Morgan fingerprint density at radius 1 is 1.55 bits per heavy atom. The summed E-state index contributed by atoms with van der Waals surface area (Å²) in [6, 6.07) is 2.27. The quantitative estimate of drug-likeness (QED) is 0.616. The summed E-state index contributed by atoms with van der Waals surface area (Å²) < 4.78 is 5.75. The van der Waals surface area contributed by atoms with Gasteiger partial charge in [0.15, 0.2) is 0 Å². The average Bonchev–Trinajstić information content (AvgIpc) is 2.50. The van der Waals surface area contributed by atoms with Crippen molar-refractivity contribution in [1.29, 1.82) is 0 Å². The molecule has 2 aromatic rings. The minimum absolute atomic E-state index is 0.340. The molecule has 3 radical (unpaired) electrons. The van der Waals surface area contributed by atoms with Gasteiger partial charge in [-0.1, -0.05) is 0 Å². The fourth-order valence-corrected chi connectivity index (χ4v) is 1.59. The van der Waals surface area contributed by atoms with Crippen molar-refractivity contribution in [2.24, 2.45) is 0 Å². The van der Waals surface area contributed by atoms with Crippen molar-refractivity contribution in [2.45, 2.75) is 0 Å². The fraction of sp³-hybridized carbons (Fsp3) is 0. The van der Waals surface area contributed by atoms with E-state index >= 15 is 0 Å². The maximum Gasteiger partial charge on any atom is 0.345 e. The van der Waals surface area contributed by atoms with E-state index in [2.05, 4.69) is 24.9 Å². The maximum atomic E-state index is 4.68. The van der Waals surface area contributed by atoms with E-state index in [0.717, 1.165) is 10.2 Å². The second-order valence-electron chi connectivity index (χ2n) is 1.92. The van der Waals surface area contributed by atoms with Gasteiger partial charge in [0.2, 0.25) is 0 Å². The van der Waals surface area contributed by atoms with Crippen LogP contribution in [0.5, 0.6) is 6.01 Å². The molecule has 0 aromatic carbocycles. The molecule has 0 spiro atoms. The molecule has 0 saturated heterocycles. The molecule has 3 nitrogen and oxygen atoms in total. The zero-order valence-electron chi connectivity index (χ0n) is 5.44. The fourth-order valence-electron chi connectivity index (χ4n) is 0.798. The first-order valence-corrected chi connectivity index (χ1v) is 4.23. The van der Waals surface area contributed by atoms with Crippen LogP contribution in [0, 0.1) is 0 Å². The van der Waals surface area contributed by atoms with Crippen LogP contribution in [0.2, 0.25) is 0 Å². The summed E-state index contributed by atoms with van der Waals surface area (Å²) in [5.41, 5.74) is 0.915. The number of hydrogen-bond acceptors (Lipinski definition) is 4. The average molecular weight is 179 g/mol. The third kappa shape index (κ3) is 1.12. The minimum Gasteiger partial charge on any atom is -0.514 e. The second kappa shape index (κ2) is 2.59. The molecular weight excluding hydrogens is 176 g/mol. The van der Waals surface area contributed by atoms with Gasteiger partial charge in [0, 0.05) is 0 Å². The molecule has 2 rings (SSSR count). The normalized spacial score (nSPS) is 10.3. The molecule has 0 amide bonds. The molecule has 0 fully saturated rings. The Balaban J connectivity index is 2.67. The van der Waals surface area contributed by atoms with Crippen molar-refractivity contribution in [3.05, 3.63) is 17.6 Å². The molecule has 0 aliphatic heterocycles. The van der Waals surface area contributed by atoms with Crippen molar-refractivity contribution in [3.8, 4) is 6.01 Å². The molecule has 0 atom stereocenters. The van der Waals surface area contributed by atoms with Crippen LogP contribution >= 0.6 is 11.3 Å². The first-order chi connectivity index (χ1) is 5.40. The SMILES string of the molecule is [Si]Oc1ncc2sccc2n1. The number of hydrogen-bond donors (Lipinski definition) is 0. The van der Waals surface area contributed by atoms with Gasteiger partial charge >= 0.3 is 16.5 Å². The molecule has 53 valence electrons. The summed E-state index contributed by atoms with van der Waals surface area (Å²) in [4.78, 5) is 8.01. The van der Waals surface area contributed by atoms with E-state index in [1.165, 1.54) is 0 Å². The first-order valence-electron chi connectivity index (χ1n) is 2.94. The van der Waals surface area contributed by atoms with Crippen LogP contribution < -0.4 is 4.43 Å². The number of nitrogens with zero attached hydrogens (tertiary/aromatic N) is 2. The van der Waals surface area contributed by atoms with Gasteiger partial charge in [0.25, 0.3) is 0 Å². The summed E-state index contributed by atoms with van der Waals surface area (Å²) in [6.07, 6.45) is 1.74. The Hall–Kier alpha value is -0.943. The van der Waals surface area contributed by atoms with Gasteiger partial charge < -0.3 is 4.43 Å². The lowest BCUT2D eigenvalue weighted by Gasteiger charge is -1.94. The molecular formula is C6H3N2OSSi. The van der Waals surface area contributed by atoms with Gasteiger partial charge in [-0.25, -0.2) is 4.98 Å². The zero-order valence-corrected chi connectivity index (χ0v) is 7.26. The summed E-state index contributed by atoms with van der Waals surface area (Å²) >= 11 is 1.61.